The van der Waals surface area contributed by atoms with E-state index in [-0.39, 0.29) is 11.9 Å². The SMILES string of the molecule is CC(C)Cn1cc(-c2ncc(C(=O)N[C@H]3CCN(c4ccc(Cl)nn4)C3)s2)cn1. The number of rotatable bonds is 6. The number of carbonyl (C=O) groups is 1. The predicted molar refractivity (Wildman–Crippen MR) is 113 cm³/mol. The van der Waals surface area contributed by atoms with Gasteiger partial charge in [0.25, 0.3) is 5.91 Å². The van der Waals surface area contributed by atoms with Crippen LogP contribution in [0.25, 0.3) is 10.6 Å². The average molecular weight is 432 g/mol. The van der Waals surface area contributed by atoms with Crippen molar-refractivity contribution >= 4 is 34.7 Å². The van der Waals surface area contributed by atoms with E-state index in [1.54, 1.807) is 18.5 Å². The van der Waals surface area contributed by atoms with Crippen LogP contribution in [-0.2, 0) is 6.54 Å². The summed E-state index contributed by atoms with van der Waals surface area (Å²) in [5.74, 6) is 1.19. The molecule has 1 N–H and O–H groups in total. The van der Waals surface area contributed by atoms with Gasteiger partial charge < -0.3 is 10.2 Å². The number of carbonyl (C=O) groups excluding carboxylic acids is 1. The predicted octanol–water partition coefficient (Wildman–Crippen LogP) is 3.11. The molecule has 29 heavy (non-hydrogen) atoms. The van der Waals surface area contributed by atoms with E-state index in [0.29, 0.717) is 22.5 Å². The Hall–Kier alpha value is -2.52. The van der Waals surface area contributed by atoms with Crippen LogP contribution in [0.2, 0.25) is 5.15 Å². The summed E-state index contributed by atoms with van der Waals surface area (Å²) in [5, 5.41) is 16.6. The molecule has 152 valence electrons. The van der Waals surface area contributed by atoms with Crippen LogP contribution in [0.3, 0.4) is 0 Å². The Bertz CT molecular complexity index is 985. The van der Waals surface area contributed by atoms with Gasteiger partial charge in [0.2, 0.25) is 0 Å². The Morgan fingerprint density at radius 3 is 2.97 bits per heavy atom. The van der Waals surface area contributed by atoms with Crippen LogP contribution >= 0.6 is 22.9 Å². The maximum atomic E-state index is 12.7. The lowest BCUT2D eigenvalue weighted by molar-refractivity contribution is 0.0944. The molecule has 1 aliphatic rings. The molecule has 0 spiro atoms. The van der Waals surface area contributed by atoms with E-state index in [2.05, 4.69) is 44.3 Å². The first-order chi connectivity index (χ1) is 14.0. The Morgan fingerprint density at radius 2 is 2.21 bits per heavy atom. The summed E-state index contributed by atoms with van der Waals surface area (Å²) in [5.41, 5.74) is 0.933. The number of hydrogen-bond acceptors (Lipinski definition) is 7. The lowest BCUT2D eigenvalue weighted by atomic mass is 10.2. The molecule has 8 nitrogen and oxygen atoms in total. The van der Waals surface area contributed by atoms with E-state index in [0.717, 1.165) is 35.9 Å². The van der Waals surface area contributed by atoms with Gasteiger partial charge in [-0.1, -0.05) is 25.4 Å². The number of hydrogen-bond donors (Lipinski definition) is 1. The first-order valence-electron chi connectivity index (χ1n) is 9.51. The van der Waals surface area contributed by atoms with Gasteiger partial charge in [0.05, 0.1) is 12.4 Å². The van der Waals surface area contributed by atoms with Gasteiger partial charge in [0.1, 0.15) is 9.88 Å². The van der Waals surface area contributed by atoms with Crippen LogP contribution in [0, 0.1) is 5.92 Å². The molecule has 1 atom stereocenters. The number of thiazole rings is 1. The van der Waals surface area contributed by atoms with E-state index in [9.17, 15) is 4.79 Å². The zero-order valence-electron chi connectivity index (χ0n) is 16.2. The first-order valence-corrected chi connectivity index (χ1v) is 10.7. The molecule has 4 rings (SSSR count). The van der Waals surface area contributed by atoms with Crippen molar-refractivity contribution in [2.24, 2.45) is 5.92 Å². The lowest BCUT2D eigenvalue weighted by Gasteiger charge is -2.17. The lowest BCUT2D eigenvalue weighted by Crippen LogP contribution is -2.36. The van der Waals surface area contributed by atoms with Crippen LogP contribution in [-0.4, -0.2) is 50.0 Å². The van der Waals surface area contributed by atoms with E-state index in [4.69, 9.17) is 11.6 Å². The monoisotopic (exact) mass is 431 g/mol. The number of amides is 1. The Balaban J connectivity index is 1.36. The summed E-state index contributed by atoms with van der Waals surface area (Å²) < 4.78 is 1.91. The highest BCUT2D eigenvalue weighted by Gasteiger charge is 2.26. The van der Waals surface area contributed by atoms with Crippen molar-refractivity contribution in [3.05, 3.63) is 40.8 Å². The summed E-state index contributed by atoms with van der Waals surface area (Å²) in [4.78, 5) is 19.8. The molecular weight excluding hydrogens is 410 g/mol. The largest absolute Gasteiger partial charge is 0.353 e. The zero-order valence-corrected chi connectivity index (χ0v) is 17.8. The maximum absolute atomic E-state index is 12.7. The van der Waals surface area contributed by atoms with Crippen molar-refractivity contribution in [1.82, 2.24) is 30.3 Å². The molecule has 0 saturated carbocycles. The fraction of sp³-hybridized carbons (Fsp3) is 0.421. The molecule has 0 bridgehead atoms. The molecule has 3 aromatic heterocycles. The molecule has 1 saturated heterocycles. The van der Waals surface area contributed by atoms with Crippen molar-refractivity contribution in [1.29, 1.82) is 0 Å². The maximum Gasteiger partial charge on any atom is 0.263 e. The average Bonchev–Trinajstić information content (AvgIpc) is 3.42. The van der Waals surface area contributed by atoms with Gasteiger partial charge >= 0.3 is 0 Å². The molecule has 0 aliphatic carbocycles. The fourth-order valence-corrected chi connectivity index (χ4v) is 4.18. The molecule has 10 heteroatoms. The second kappa shape index (κ2) is 8.46. The Kier molecular flexibility index (Phi) is 5.77. The minimum atomic E-state index is -0.0997. The summed E-state index contributed by atoms with van der Waals surface area (Å²) >= 11 is 7.18. The van der Waals surface area contributed by atoms with Crippen molar-refractivity contribution in [2.75, 3.05) is 18.0 Å². The van der Waals surface area contributed by atoms with Gasteiger partial charge in [-0.3, -0.25) is 9.48 Å². The molecule has 0 radical (unpaired) electrons. The summed E-state index contributed by atoms with van der Waals surface area (Å²) in [7, 11) is 0. The first kappa shape index (κ1) is 19.8. The number of nitrogens with zero attached hydrogens (tertiary/aromatic N) is 6. The third kappa shape index (κ3) is 4.73. The third-order valence-corrected chi connectivity index (χ3v) is 5.87. The summed E-state index contributed by atoms with van der Waals surface area (Å²) in [6.45, 7) is 6.66. The van der Waals surface area contributed by atoms with Crippen LogP contribution < -0.4 is 10.2 Å². The van der Waals surface area contributed by atoms with Crippen molar-refractivity contribution < 1.29 is 4.79 Å². The second-order valence-electron chi connectivity index (χ2n) is 7.49. The van der Waals surface area contributed by atoms with Gasteiger partial charge in [0.15, 0.2) is 11.0 Å². The zero-order chi connectivity index (χ0) is 20.4. The summed E-state index contributed by atoms with van der Waals surface area (Å²) in [6, 6.07) is 3.62. The quantitative estimate of drug-likeness (QED) is 0.645. The molecule has 4 heterocycles. The normalized spacial score (nSPS) is 16.6. The van der Waals surface area contributed by atoms with Crippen LogP contribution in [0.1, 0.15) is 29.9 Å². The second-order valence-corrected chi connectivity index (χ2v) is 8.91. The Morgan fingerprint density at radius 1 is 1.34 bits per heavy atom. The fourth-order valence-electron chi connectivity index (χ4n) is 3.28. The highest BCUT2D eigenvalue weighted by atomic mass is 35.5. The Labute approximate surface area is 177 Å². The van der Waals surface area contributed by atoms with Crippen LogP contribution in [0.4, 0.5) is 5.82 Å². The van der Waals surface area contributed by atoms with E-state index < -0.39 is 0 Å². The highest BCUT2D eigenvalue weighted by molar-refractivity contribution is 7.16. The molecule has 1 fully saturated rings. The molecule has 1 amide bonds. The summed E-state index contributed by atoms with van der Waals surface area (Å²) in [6.07, 6.45) is 6.25. The minimum absolute atomic E-state index is 0.0549. The van der Waals surface area contributed by atoms with Gasteiger partial charge in [-0.05, 0) is 24.5 Å². The smallest absolute Gasteiger partial charge is 0.263 e. The van der Waals surface area contributed by atoms with Gasteiger partial charge in [-0.2, -0.15) is 5.10 Å². The van der Waals surface area contributed by atoms with Crippen molar-refractivity contribution in [2.45, 2.75) is 32.9 Å². The highest BCUT2D eigenvalue weighted by Crippen LogP contribution is 2.25. The molecular formula is C19H22ClN7OS. The third-order valence-electron chi connectivity index (χ3n) is 4.63. The molecule has 0 aromatic carbocycles. The standard InChI is InChI=1S/C19H22ClN7OS/c1-12(2)9-27-10-13(7-22-27)19-21-8-15(29-19)18(28)23-14-5-6-26(11-14)17-4-3-16(20)24-25-17/h3-4,7-8,10,12,14H,5-6,9,11H2,1-2H3,(H,23,28)/t14-/m0/s1. The van der Waals surface area contributed by atoms with E-state index in [1.807, 2.05) is 16.9 Å². The molecule has 1 aliphatic heterocycles. The number of halogens is 1. The molecule has 0 unspecified atom stereocenters. The minimum Gasteiger partial charge on any atom is -0.353 e. The van der Waals surface area contributed by atoms with E-state index >= 15 is 0 Å². The molecule has 3 aromatic rings. The van der Waals surface area contributed by atoms with Gasteiger partial charge in [-0.15, -0.1) is 21.5 Å². The topological polar surface area (TPSA) is 88.8 Å². The van der Waals surface area contributed by atoms with Gasteiger partial charge in [-0.25, -0.2) is 4.98 Å². The van der Waals surface area contributed by atoms with Gasteiger partial charge in [0, 0.05) is 37.4 Å². The number of nitrogens with one attached hydrogen (secondary N) is 1. The van der Waals surface area contributed by atoms with Crippen molar-refractivity contribution in [3.63, 3.8) is 0 Å². The van der Waals surface area contributed by atoms with Crippen molar-refractivity contribution in [3.8, 4) is 10.6 Å². The van der Waals surface area contributed by atoms with E-state index in [1.165, 1.54) is 11.3 Å². The number of aromatic nitrogens is 5. The van der Waals surface area contributed by atoms with Crippen LogP contribution in [0.15, 0.2) is 30.7 Å². The number of anilines is 1. The van der Waals surface area contributed by atoms with Crippen LogP contribution in [0.5, 0.6) is 0 Å².